The molecule has 250 valence electrons. The van der Waals surface area contributed by atoms with Crippen LogP contribution in [-0.4, -0.2) is 25.2 Å². The fourth-order valence-electron chi connectivity index (χ4n) is 5.50. The lowest BCUT2D eigenvalue weighted by Gasteiger charge is -2.05. The summed E-state index contributed by atoms with van der Waals surface area (Å²) in [5.41, 5.74) is 7.05. The van der Waals surface area contributed by atoms with Gasteiger partial charge in [-0.2, -0.15) is 9.13 Å². The Bertz CT molecular complexity index is 967. The van der Waals surface area contributed by atoms with Crippen molar-refractivity contribution in [1.29, 1.82) is 0 Å². The number of rotatable bonds is 27. The molecule has 0 aliphatic carbocycles. The van der Waals surface area contributed by atoms with E-state index in [0.29, 0.717) is 26.1 Å². The van der Waals surface area contributed by atoms with Crippen LogP contribution in [0.15, 0.2) is 11.0 Å². The smallest absolute Gasteiger partial charge is 0.305 e. The van der Waals surface area contributed by atoms with E-state index in [0.717, 1.165) is 51.6 Å². The Morgan fingerprint density at radius 3 is 1.34 bits per heavy atom. The second-order valence-corrected chi connectivity index (χ2v) is 14.1. The lowest BCUT2D eigenvalue weighted by molar-refractivity contribution is -0.698. The second kappa shape index (κ2) is 24.4. The van der Waals surface area contributed by atoms with Gasteiger partial charge in [-0.15, -0.1) is 0 Å². The number of hydrogen-bond donors (Lipinski definition) is 0. The standard InChI is InChI=1S/C36H62N2O4S2/c1-5-7-9-11-15-19-25-37-29-43-33(31(37)3)23-27-41-35(39)21-17-13-14-18-22-36(40)42-28-24-34-32(4)38(30-44-34)26-20-16-12-10-8-6-2/h29-30H,5-28H2,1-4H3/q+2. The van der Waals surface area contributed by atoms with Gasteiger partial charge in [-0.3, -0.25) is 9.59 Å². The molecule has 0 amide bonds. The highest BCUT2D eigenvalue weighted by Gasteiger charge is 2.17. The third-order valence-corrected chi connectivity index (χ3v) is 10.8. The van der Waals surface area contributed by atoms with Gasteiger partial charge in [-0.1, -0.05) is 101 Å². The topological polar surface area (TPSA) is 60.4 Å². The van der Waals surface area contributed by atoms with Crippen LogP contribution in [0.4, 0.5) is 0 Å². The summed E-state index contributed by atoms with van der Waals surface area (Å²) in [6, 6.07) is 0. The van der Waals surface area contributed by atoms with E-state index in [1.807, 2.05) is 0 Å². The fraction of sp³-hybridized carbons (Fsp3) is 0.778. The molecule has 6 nitrogen and oxygen atoms in total. The van der Waals surface area contributed by atoms with Crippen LogP contribution in [0.1, 0.15) is 151 Å². The first-order valence-corrected chi connectivity index (χ1v) is 19.5. The zero-order valence-corrected chi connectivity index (χ0v) is 30.1. The van der Waals surface area contributed by atoms with Crippen molar-refractivity contribution < 1.29 is 28.2 Å². The monoisotopic (exact) mass is 650 g/mol. The third kappa shape index (κ3) is 16.5. The number of unbranched alkanes of at least 4 members (excludes halogenated alkanes) is 13. The molecule has 2 heterocycles. The minimum absolute atomic E-state index is 0.115. The van der Waals surface area contributed by atoms with Gasteiger partial charge in [0.15, 0.2) is 11.4 Å². The third-order valence-electron chi connectivity index (χ3n) is 8.51. The van der Waals surface area contributed by atoms with Gasteiger partial charge >= 0.3 is 11.9 Å². The van der Waals surface area contributed by atoms with Gasteiger partial charge in [0.2, 0.25) is 11.0 Å². The highest BCUT2D eigenvalue weighted by molar-refractivity contribution is 7.09. The molecule has 0 aliphatic heterocycles. The van der Waals surface area contributed by atoms with Gasteiger partial charge in [-0.25, -0.2) is 0 Å². The Morgan fingerprint density at radius 1 is 0.568 bits per heavy atom. The molecule has 44 heavy (non-hydrogen) atoms. The molecule has 0 saturated heterocycles. The van der Waals surface area contributed by atoms with Crippen molar-refractivity contribution in [2.75, 3.05) is 13.2 Å². The SMILES string of the molecule is CCCCCCCC[n+]1csc(CCOC(=O)CCCCCCC(=O)OCCc2sc[n+](CCCCCCCC)c2C)c1C. The molecule has 2 aromatic rings. The summed E-state index contributed by atoms with van der Waals surface area (Å²) >= 11 is 3.54. The lowest BCUT2D eigenvalue weighted by Crippen LogP contribution is -2.34. The number of aryl methyl sites for hydroxylation is 2. The van der Waals surface area contributed by atoms with Crippen molar-refractivity contribution in [2.24, 2.45) is 0 Å². The molecule has 0 saturated carbocycles. The molecule has 0 spiro atoms. The Balaban J connectivity index is 1.46. The molecule has 2 rings (SSSR count). The summed E-state index contributed by atoms with van der Waals surface area (Å²) in [5.74, 6) is -0.230. The largest absolute Gasteiger partial charge is 0.465 e. The maximum absolute atomic E-state index is 12.2. The highest BCUT2D eigenvalue weighted by atomic mass is 32.1. The van der Waals surface area contributed by atoms with Crippen LogP contribution in [0, 0.1) is 13.8 Å². The zero-order chi connectivity index (χ0) is 31.8. The van der Waals surface area contributed by atoms with Gasteiger partial charge in [-0.05, 0) is 25.7 Å². The van der Waals surface area contributed by atoms with Crippen molar-refractivity contribution in [3.8, 4) is 0 Å². The summed E-state index contributed by atoms with van der Waals surface area (Å²) in [4.78, 5) is 27.0. The van der Waals surface area contributed by atoms with E-state index in [9.17, 15) is 9.59 Å². The van der Waals surface area contributed by atoms with Crippen LogP contribution in [0.25, 0.3) is 0 Å². The first-order valence-electron chi connectivity index (χ1n) is 17.7. The van der Waals surface area contributed by atoms with E-state index >= 15 is 0 Å². The minimum Gasteiger partial charge on any atom is -0.465 e. The van der Waals surface area contributed by atoms with Gasteiger partial charge < -0.3 is 9.47 Å². The van der Waals surface area contributed by atoms with Crippen LogP contribution in [0.3, 0.4) is 0 Å². The first-order chi connectivity index (χ1) is 21.5. The number of thiazole rings is 2. The van der Waals surface area contributed by atoms with Crippen LogP contribution < -0.4 is 9.13 Å². The first kappa shape index (κ1) is 38.4. The number of aromatic nitrogens is 2. The molecular weight excluding hydrogens is 589 g/mol. The summed E-state index contributed by atoms with van der Waals surface area (Å²) < 4.78 is 15.7. The highest BCUT2D eigenvalue weighted by Crippen LogP contribution is 2.15. The molecule has 8 heteroatoms. The Labute approximate surface area is 276 Å². The average Bonchev–Trinajstić information content (AvgIpc) is 3.55. The van der Waals surface area contributed by atoms with Crippen LogP contribution in [-0.2, 0) is 45.0 Å². The van der Waals surface area contributed by atoms with E-state index in [1.54, 1.807) is 22.7 Å². The number of carbonyl (C=O) groups excluding carboxylic acids is 2. The van der Waals surface area contributed by atoms with Crippen molar-refractivity contribution in [3.05, 3.63) is 32.2 Å². The minimum atomic E-state index is -0.115. The summed E-state index contributed by atoms with van der Waals surface area (Å²) in [6.45, 7) is 11.9. The second-order valence-electron chi connectivity index (χ2n) is 12.2. The quantitative estimate of drug-likeness (QED) is 0.0550. The predicted molar refractivity (Wildman–Crippen MR) is 182 cm³/mol. The molecule has 0 N–H and O–H groups in total. The summed E-state index contributed by atoms with van der Waals surface area (Å²) in [7, 11) is 0. The molecule has 0 unspecified atom stereocenters. The van der Waals surface area contributed by atoms with Gasteiger partial charge in [0, 0.05) is 52.4 Å². The van der Waals surface area contributed by atoms with Crippen molar-refractivity contribution >= 4 is 34.6 Å². The molecule has 0 atom stereocenters. The number of esters is 2. The maximum atomic E-state index is 12.2. The van der Waals surface area contributed by atoms with Gasteiger partial charge in [0.1, 0.15) is 13.1 Å². The maximum Gasteiger partial charge on any atom is 0.305 e. The normalized spacial score (nSPS) is 11.3. The molecule has 0 radical (unpaired) electrons. The molecule has 0 bridgehead atoms. The number of ether oxygens (including phenoxy) is 2. The molecule has 0 fully saturated rings. The molecule has 0 aliphatic rings. The van der Waals surface area contributed by atoms with Crippen molar-refractivity contribution in [2.45, 2.75) is 169 Å². The van der Waals surface area contributed by atoms with Gasteiger partial charge in [0.05, 0.1) is 23.0 Å². The summed E-state index contributed by atoms with van der Waals surface area (Å²) in [5, 5.41) is 0. The Morgan fingerprint density at radius 2 is 0.932 bits per heavy atom. The van der Waals surface area contributed by atoms with Gasteiger partial charge in [0.25, 0.3) is 0 Å². The molecule has 2 aromatic heterocycles. The van der Waals surface area contributed by atoms with Crippen LogP contribution in [0.2, 0.25) is 0 Å². The van der Waals surface area contributed by atoms with E-state index in [-0.39, 0.29) is 11.9 Å². The van der Waals surface area contributed by atoms with E-state index in [4.69, 9.17) is 9.47 Å². The fourth-order valence-corrected chi connectivity index (χ4v) is 7.51. The lowest BCUT2D eigenvalue weighted by atomic mass is 10.1. The summed E-state index contributed by atoms with van der Waals surface area (Å²) in [6.07, 6.45) is 21.7. The zero-order valence-electron chi connectivity index (χ0n) is 28.5. The average molecular weight is 651 g/mol. The van der Waals surface area contributed by atoms with Crippen molar-refractivity contribution in [3.63, 3.8) is 0 Å². The number of carbonyl (C=O) groups is 2. The van der Waals surface area contributed by atoms with E-state index in [2.05, 4.69) is 47.9 Å². The molecular formula is C36H62N2O4S2+2. The number of nitrogens with zero attached hydrogens (tertiary/aromatic N) is 2. The predicted octanol–water partition coefficient (Wildman–Crippen LogP) is 8.93. The number of hydrogen-bond acceptors (Lipinski definition) is 6. The molecule has 0 aromatic carbocycles. The van der Waals surface area contributed by atoms with Crippen LogP contribution >= 0.6 is 22.7 Å². The van der Waals surface area contributed by atoms with Crippen molar-refractivity contribution in [1.82, 2.24) is 0 Å². The Kier molecular flexibility index (Phi) is 21.3. The van der Waals surface area contributed by atoms with Crippen LogP contribution in [0.5, 0.6) is 0 Å². The van der Waals surface area contributed by atoms with E-state index in [1.165, 1.54) is 98.2 Å². The van der Waals surface area contributed by atoms with E-state index < -0.39 is 0 Å². The Hall–Kier alpha value is -1.80.